The molecule has 1 aromatic rings. The second kappa shape index (κ2) is 5.92. The van der Waals surface area contributed by atoms with Crippen LogP contribution in [0, 0.1) is 5.92 Å². The highest BCUT2D eigenvalue weighted by molar-refractivity contribution is 5.94. The number of piperidine rings is 1. The first kappa shape index (κ1) is 15.3. The molecule has 2 N–H and O–H groups in total. The summed E-state index contributed by atoms with van der Waals surface area (Å²) >= 11 is 0. The molecule has 2 aliphatic rings. The van der Waals surface area contributed by atoms with Crippen molar-refractivity contribution in [1.82, 2.24) is 4.90 Å². The molecule has 0 unspecified atom stereocenters. The number of carbonyl (C=O) groups excluding carboxylic acids is 1. The van der Waals surface area contributed by atoms with E-state index in [0.717, 1.165) is 50.1 Å². The van der Waals surface area contributed by atoms with E-state index in [0.29, 0.717) is 5.92 Å². The molecule has 3 rings (SSSR count). The predicted octanol–water partition coefficient (Wildman–Crippen LogP) is 2.82. The summed E-state index contributed by atoms with van der Waals surface area (Å²) < 4.78 is 5.61. The van der Waals surface area contributed by atoms with Crippen molar-refractivity contribution in [3.8, 4) is 5.75 Å². The summed E-state index contributed by atoms with van der Waals surface area (Å²) in [6.45, 7) is 5.64. The lowest BCUT2D eigenvalue weighted by Crippen LogP contribution is -2.44. The Morgan fingerprint density at radius 3 is 2.32 bits per heavy atom. The highest BCUT2D eigenvalue weighted by Crippen LogP contribution is 2.44. The molecule has 1 amide bonds. The van der Waals surface area contributed by atoms with Gasteiger partial charge in [-0.1, -0.05) is 0 Å². The van der Waals surface area contributed by atoms with E-state index in [4.69, 9.17) is 10.5 Å². The van der Waals surface area contributed by atoms with Crippen LogP contribution in [0.4, 0.5) is 0 Å². The number of nitrogens with zero attached hydrogens (tertiary/aromatic N) is 1. The summed E-state index contributed by atoms with van der Waals surface area (Å²) in [5.74, 6) is 1.53. The first-order valence-electron chi connectivity index (χ1n) is 8.33. The number of likely N-dealkylation sites (tertiary alicyclic amines) is 1. The van der Waals surface area contributed by atoms with Crippen LogP contribution in [0.1, 0.15) is 49.9 Å². The minimum absolute atomic E-state index is 0.0883. The highest BCUT2D eigenvalue weighted by atomic mass is 16.5. The maximum atomic E-state index is 12.6. The maximum Gasteiger partial charge on any atom is 0.253 e. The average Bonchev–Trinajstić information content (AvgIpc) is 3.26. The van der Waals surface area contributed by atoms with Crippen molar-refractivity contribution >= 4 is 5.91 Å². The third-order valence-electron chi connectivity index (χ3n) is 4.90. The van der Waals surface area contributed by atoms with E-state index >= 15 is 0 Å². The molecule has 0 atom stereocenters. The van der Waals surface area contributed by atoms with Gasteiger partial charge in [-0.25, -0.2) is 0 Å². The number of ether oxygens (including phenoxy) is 1. The molecule has 0 bridgehead atoms. The number of hydrogen-bond donors (Lipinski definition) is 1. The van der Waals surface area contributed by atoms with Crippen molar-refractivity contribution in [2.24, 2.45) is 11.7 Å². The Hall–Kier alpha value is -1.55. The molecule has 22 heavy (non-hydrogen) atoms. The van der Waals surface area contributed by atoms with Crippen molar-refractivity contribution in [2.45, 2.75) is 51.2 Å². The van der Waals surface area contributed by atoms with E-state index in [-0.39, 0.29) is 17.6 Å². The molecule has 4 nitrogen and oxygen atoms in total. The van der Waals surface area contributed by atoms with Gasteiger partial charge in [0.05, 0.1) is 6.10 Å². The van der Waals surface area contributed by atoms with E-state index < -0.39 is 0 Å². The molecule has 0 aromatic heterocycles. The Morgan fingerprint density at radius 1 is 1.23 bits per heavy atom. The van der Waals surface area contributed by atoms with Crippen LogP contribution >= 0.6 is 0 Å². The Bertz CT molecular complexity index is 527. The normalized spacial score (nSPS) is 21.0. The van der Waals surface area contributed by atoms with Crippen molar-refractivity contribution in [1.29, 1.82) is 0 Å². The fourth-order valence-corrected chi connectivity index (χ4v) is 3.34. The van der Waals surface area contributed by atoms with Crippen LogP contribution in [0.15, 0.2) is 24.3 Å². The third-order valence-corrected chi connectivity index (χ3v) is 4.90. The highest BCUT2D eigenvalue weighted by Gasteiger charge is 2.46. The van der Waals surface area contributed by atoms with E-state index in [9.17, 15) is 4.79 Å². The predicted molar refractivity (Wildman–Crippen MR) is 87.0 cm³/mol. The van der Waals surface area contributed by atoms with E-state index in [1.54, 1.807) is 0 Å². The van der Waals surface area contributed by atoms with Gasteiger partial charge in [-0.05, 0) is 69.7 Å². The molecule has 4 heteroatoms. The Morgan fingerprint density at radius 2 is 1.82 bits per heavy atom. The monoisotopic (exact) mass is 302 g/mol. The van der Waals surface area contributed by atoms with E-state index in [1.807, 2.05) is 43.0 Å². The van der Waals surface area contributed by atoms with Gasteiger partial charge in [-0.3, -0.25) is 4.79 Å². The van der Waals surface area contributed by atoms with Crippen molar-refractivity contribution in [2.75, 3.05) is 13.1 Å². The minimum atomic E-state index is 0.0883. The second-order valence-electron chi connectivity index (χ2n) is 6.99. The number of rotatable bonds is 4. The molecule has 1 saturated heterocycles. The zero-order valence-corrected chi connectivity index (χ0v) is 13.5. The summed E-state index contributed by atoms with van der Waals surface area (Å²) in [5.41, 5.74) is 7.12. The maximum absolute atomic E-state index is 12.6. The van der Waals surface area contributed by atoms with E-state index in [2.05, 4.69) is 0 Å². The fourth-order valence-electron chi connectivity index (χ4n) is 3.34. The molecule has 0 radical (unpaired) electrons. The lowest BCUT2D eigenvalue weighted by molar-refractivity contribution is 0.0672. The molecule has 1 aromatic carbocycles. The number of amides is 1. The number of nitrogens with two attached hydrogens (primary N) is 1. The van der Waals surface area contributed by atoms with Crippen molar-refractivity contribution < 1.29 is 9.53 Å². The SMILES string of the molecule is CC(C)Oc1ccc(C(=O)N2CCC(C3(N)CC3)CC2)cc1. The summed E-state index contributed by atoms with van der Waals surface area (Å²) in [7, 11) is 0. The molecule has 1 aliphatic heterocycles. The minimum Gasteiger partial charge on any atom is -0.491 e. The van der Waals surface area contributed by atoms with Gasteiger partial charge in [0.25, 0.3) is 5.91 Å². The summed E-state index contributed by atoms with van der Waals surface area (Å²) in [6, 6.07) is 7.47. The lowest BCUT2D eigenvalue weighted by Gasteiger charge is -2.35. The average molecular weight is 302 g/mol. The number of carbonyl (C=O) groups is 1. The number of benzene rings is 1. The number of hydrogen-bond acceptors (Lipinski definition) is 3. The van der Waals surface area contributed by atoms with Crippen LogP contribution in [0.2, 0.25) is 0 Å². The largest absolute Gasteiger partial charge is 0.491 e. The molecule has 120 valence electrons. The van der Waals surface area contributed by atoms with Crippen LogP contribution in [-0.2, 0) is 0 Å². The first-order valence-corrected chi connectivity index (χ1v) is 8.33. The summed E-state index contributed by atoms with van der Waals surface area (Å²) in [4.78, 5) is 14.5. The standard InChI is InChI=1S/C18H26N2O2/c1-13(2)22-16-5-3-14(4-6-16)17(21)20-11-7-15(8-12-20)18(19)9-10-18/h3-6,13,15H,7-12,19H2,1-2H3. The van der Waals surface area contributed by atoms with E-state index in [1.165, 1.54) is 0 Å². The van der Waals surface area contributed by atoms with Crippen LogP contribution in [0.5, 0.6) is 5.75 Å². The zero-order valence-electron chi connectivity index (χ0n) is 13.5. The fraction of sp³-hybridized carbons (Fsp3) is 0.611. The molecule has 1 saturated carbocycles. The Kier molecular flexibility index (Phi) is 4.13. The van der Waals surface area contributed by atoms with Crippen LogP contribution in [0.3, 0.4) is 0 Å². The molecule has 1 aliphatic carbocycles. The van der Waals surface area contributed by atoms with Crippen molar-refractivity contribution in [3.05, 3.63) is 29.8 Å². The second-order valence-corrected chi connectivity index (χ2v) is 6.99. The van der Waals surface area contributed by atoms with Crippen molar-refractivity contribution in [3.63, 3.8) is 0 Å². The van der Waals surface area contributed by atoms with Gasteiger partial charge < -0.3 is 15.4 Å². The van der Waals surface area contributed by atoms with Gasteiger partial charge in [-0.2, -0.15) is 0 Å². The molecule has 2 fully saturated rings. The van der Waals surface area contributed by atoms with Gasteiger partial charge in [0.2, 0.25) is 0 Å². The smallest absolute Gasteiger partial charge is 0.253 e. The summed E-state index contributed by atoms with van der Waals surface area (Å²) in [6.07, 6.45) is 4.53. The molecule has 0 spiro atoms. The van der Waals surface area contributed by atoms with Crippen LogP contribution in [-0.4, -0.2) is 35.5 Å². The zero-order chi connectivity index (χ0) is 15.7. The quantitative estimate of drug-likeness (QED) is 0.930. The first-order chi connectivity index (χ1) is 10.5. The van der Waals surface area contributed by atoms with Gasteiger partial charge in [-0.15, -0.1) is 0 Å². The third kappa shape index (κ3) is 3.27. The molecular weight excluding hydrogens is 276 g/mol. The molecular formula is C18H26N2O2. The van der Waals surface area contributed by atoms with Crippen LogP contribution < -0.4 is 10.5 Å². The molecule has 1 heterocycles. The van der Waals surface area contributed by atoms with Gasteiger partial charge in [0.15, 0.2) is 0 Å². The van der Waals surface area contributed by atoms with Gasteiger partial charge in [0, 0.05) is 24.2 Å². The van der Waals surface area contributed by atoms with Crippen LogP contribution in [0.25, 0.3) is 0 Å². The Labute approximate surface area is 132 Å². The lowest BCUT2D eigenvalue weighted by atomic mass is 9.87. The Balaban J connectivity index is 1.57. The topological polar surface area (TPSA) is 55.6 Å². The summed E-state index contributed by atoms with van der Waals surface area (Å²) in [5, 5.41) is 0. The van der Waals surface area contributed by atoms with Gasteiger partial charge >= 0.3 is 0 Å². The van der Waals surface area contributed by atoms with Gasteiger partial charge in [0.1, 0.15) is 5.75 Å².